The minimum absolute atomic E-state index is 0.0353. The fourth-order valence-electron chi connectivity index (χ4n) is 3.72. The number of nitrogens with one attached hydrogen (secondary N) is 1. The van der Waals surface area contributed by atoms with Gasteiger partial charge in [0, 0.05) is 18.7 Å². The molecule has 0 spiro atoms. The van der Waals surface area contributed by atoms with Crippen molar-refractivity contribution in [1.82, 2.24) is 10.2 Å². The standard InChI is InChI=1S/C26H37N3O5S/c1-6-20(3)27-26(31)24(7-2)28(17-16-21-12-9-8-10-13-21)25(30)19-29(35(5,32)33)22-14-11-15-23(18-22)34-4/h8-15,18,20,24H,6-7,16-17,19H2,1-5H3,(H,27,31)/t20-,24-/m1/s1. The number of ether oxygens (including phenoxy) is 1. The second kappa shape index (κ2) is 13.1. The highest BCUT2D eigenvalue weighted by Gasteiger charge is 2.31. The number of anilines is 1. The number of hydrogen-bond donors (Lipinski definition) is 1. The molecule has 2 atom stereocenters. The molecule has 2 aromatic rings. The first-order valence-corrected chi connectivity index (χ1v) is 13.7. The Morgan fingerprint density at radius 3 is 2.29 bits per heavy atom. The number of rotatable bonds is 13. The minimum atomic E-state index is -3.78. The van der Waals surface area contributed by atoms with Crippen LogP contribution in [0.3, 0.4) is 0 Å². The van der Waals surface area contributed by atoms with E-state index in [9.17, 15) is 18.0 Å². The molecule has 0 heterocycles. The maximum Gasteiger partial charge on any atom is 0.244 e. The number of nitrogens with zero attached hydrogens (tertiary/aromatic N) is 2. The van der Waals surface area contributed by atoms with Crippen LogP contribution >= 0.6 is 0 Å². The molecular weight excluding hydrogens is 466 g/mol. The molecule has 1 N–H and O–H groups in total. The van der Waals surface area contributed by atoms with Gasteiger partial charge in [-0.2, -0.15) is 0 Å². The van der Waals surface area contributed by atoms with Crippen molar-refractivity contribution >= 4 is 27.5 Å². The molecule has 0 saturated carbocycles. The van der Waals surface area contributed by atoms with E-state index in [1.54, 1.807) is 24.3 Å². The lowest BCUT2D eigenvalue weighted by molar-refractivity contribution is -0.139. The third-order valence-electron chi connectivity index (χ3n) is 5.89. The first-order chi connectivity index (χ1) is 16.6. The van der Waals surface area contributed by atoms with Gasteiger partial charge in [0.05, 0.1) is 19.1 Å². The van der Waals surface area contributed by atoms with E-state index in [0.29, 0.717) is 24.3 Å². The number of benzene rings is 2. The summed E-state index contributed by atoms with van der Waals surface area (Å²) in [5.41, 5.74) is 1.34. The SMILES string of the molecule is CC[C@@H](C)NC(=O)[C@@H](CC)N(CCc1ccccc1)C(=O)CN(c1cccc(OC)c1)S(C)(=O)=O. The average molecular weight is 504 g/mol. The van der Waals surface area contributed by atoms with E-state index in [1.807, 2.05) is 51.1 Å². The molecule has 0 bridgehead atoms. The van der Waals surface area contributed by atoms with Crippen LogP contribution in [0.4, 0.5) is 5.69 Å². The van der Waals surface area contributed by atoms with Gasteiger partial charge < -0.3 is 15.0 Å². The molecule has 0 radical (unpaired) electrons. The van der Waals surface area contributed by atoms with Gasteiger partial charge >= 0.3 is 0 Å². The van der Waals surface area contributed by atoms with Crippen LogP contribution in [0.15, 0.2) is 54.6 Å². The van der Waals surface area contributed by atoms with Gasteiger partial charge in [-0.1, -0.05) is 50.2 Å². The highest BCUT2D eigenvalue weighted by atomic mass is 32.2. The molecule has 0 unspecified atom stereocenters. The summed E-state index contributed by atoms with van der Waals surface area (Å²) in [4.78, 5) is 28.2. The smallest absolute Gasteiger partial charge is 0.244 e. The quantitative estimate of drug-likeness (QED) is 0.453. The van der Waals surface area contributed by atoms with Crippen LogP contribution in [0, 0.1) is 0 Å². The van der Waals surface area contributed by atoms with Gasteiger partial charge in [-0.3, -0.25) is 13.9 Å². The molecule has 0 aromatic heterocycles. The highest BCUT2D eigenvalue weighted by Crippen LogP contribution is 2.23. The van der Waals surface area contributed by atoms with Crippen molar-refractivity contribution in [3.8, 4) is 5.75 Å². The van der Waals surface area contributed by atoms with E-state index < -0.39 is 28.5 Å². The number of amides is 2. The van der Waals surface area contributed by atoms with Crippen molar-refractivity contribution in [2.75, 3.05) is 30.8 Å². The number of carbonyl (C=O) groups excluding carboxylic acids is 2. The zero-order chi connectivity index (χ0) is 26.0. The van der Waals surface area contributed by atoms with Crippen LogP contribution in [0.2, 0.25) is 0 Å². The fourth-order valence-corrected chi connectivity index (χ4v) is 4.56. The van der Waals surface area contributed by atoms with Crippen molar-refractivity contribution in [3.05, 3.63) is 60.2 Å². The Morgan fingerprint density at radius 1 is 1.03 bits per heavy atom. The zero-order valence-corrected chi connectivity index (χ0v) is 22.0. The van der Waals surface area contributed by atoms with E-state index >= 15 is 0 Å². The van der Waals surface area contributed by atoms with E-state index in [-0.39, 0.29) is 18.5 Å². The van der Waals surface area contributed by atoms with Crippen LogP contribution in [0.25, 0.3) is 0 Å². The summed E-state index contributed by atoms with van der Waals surface area (Å²) in [6.07, 6.45) is 2.76. The van der Waals surface area contributed by atoms with Gasteiger partial charge in [0.1, 0.15) is 18.3 Å². The summed E-state index contributed by atoms with van der Waals surface area (Å²) in [7, 11) is -2.30. The lowest BCUT2D eigenvalue weighted by Crippen LogP contribution is -2.54. The Kier molecular flexibility index (Phi) is 10.6. The monoisotopic (exact) mass is 503 g/mol. The topological polar surface area (TPSA) is 96.0 Å². The van der Waals surface area contributed by atoms with Gasteiger partial charge in [-0.05, 0) is 43.9 Å². The number of carbonyl (C=O) groups is 2. The largest absolute Gasteiger partial charge is 0.497 e. The Bertz CT molecular complexity index is 1080. The van der Waals surface area contributed by atoms with E-state index in [4.69, 9.17) is 4.74 Å². The number of methoxy groups -OCH3 is 1. The molecule has 2 rings (SSSR count). The van der Waals surface area contributed by atoms with Crippen LogP contribution in [-0.2, 0) is 26.0 Å². The molecule has 35 heavy (non-hydrogen) atoms. The summed E-state index contributed by atoms with van der Waals surface area (Å²) in [5.74, 6) is -0.209. The lowest BCUT2D eigenvalue weighted by atomic mass is 10.1. The Labute approximate surface area is 209 Å². The van der Waals surface area contributed by atoms with Crippen LogP contribution in [0.5, 0.6) is 5.75 Å². The molecule has 9 heteroatoms. The minimum Gasteiger partial charge on any atom is -0.497 e. The van der Waals surface area contributed by atoms with Crippen LogP contribution in [-0.4, -0.2) is 63.7 Å². The van der Waals surface area contributed by atoms with E-state index in [0.717, 1.165) is 22.5 Å². The molecule has 0 aliphatic heterocycles. The van der Waals surface area contributed by atoms with Crippen molar-refractivity contribution in [2.24, 2.45) is 0 Å². The molecule has 0 saturated heterocycles. The Balaban J connectivity index is 2.37. The molecule has 192 valence electrons. The van der Waals surface area contributed by atoms with Gasteiger partial charge in [0.2, 0.25) is 21.8 Å². The molecular formula is C26H37N3O5S. The van der Waals surface area contributed by atoms with Gasteiger partial charge in [-0.25, -0.2) is 8.42 Å². The summed E-state index contributed by atoms with van der Waals surface area (Å²) in [6.45, 7) is 5.59. The van der Waals surface area contributed by atoms with Crippen molar-refractivity contribution in [1.29, 1.82) is 0 Å². The van der Waals surface area contributed by atoms with E-state index in [1.165, 1.54) is 12.0 Å². The molecule has 2 aromatic carbocycles. The highest BCUT2D eigenvalue weighted by molar-refractivity contribution is 7.92. The maximum atomic E-state index is 13.6. The lowest BCUT2D eigenvalue weighted by Gasteiger charge is -2.33. The van der Waals surface area contributed by atoms with Crippen LogP contribution < -0.4 is 14.4 Å². The van der Waals surface area contributed by atoms with Crippen molar-refractivity contribution in [2.45, 2.75) is 52.1 Å². The maximum absolute atomic E-state index is 13.6. The Morgan fingerprint density at radius 2 is 1.71 bits per heavy atom. The molecule has 0 fully saturated rings. The first-order valence-electron chi connectivity index (χ1n) is 11.9. The first kappa shape index (κ1) is 28.2. The second-order valence-corrected chi connectivity index (χ2v) is 10.4. The summed E-state index contributed by atoms with van der Waals surface area (Å²) in [6, 6.07) is 15.5. The van der Waals surface area contributed by atoms with Crippen LogP contribution in [0.1, 0.15) is 39.2 Å². The van der Waals surface area contributed by atoms with Crippen molar-refractivity contribution < 1.29 is 22.7 Å². The third-order valence-corrected chi connectivity index (χ3v) is 7.03. The second-order valence-electron chi connectivity index (χ2n) is 8.54. The third kappa shape index (κ3) is 8.28. The number of hydrogen-bond acceptors (Lipinski definition) is 5. The normalized spacial score (nSPS) is 12.9. The van der Waals surface area contributed by atoms with Gasteiger partial charge in [-0.15, -0.1) is 0 Å². The van der Waals surface area contributed by atoms with Gasteiger partial charge in [0.25, 0.3) is 0 Å². The summed E-state index contributed by atoms with van der Waals surface area (Å²) in [5, 5.41) is 2.96. The van der Waals surface area contributed by atoms with Crippen molar-refractivity contribution in [3.63, 3.8) is 0 Å². The number of sulfonamides is 1. The fraction of sp³-hybridized carbons (Fsp3) is 0.462. The molecule has 8 nitrogen and oxygen atoms in total. The summed E-state index contributed by atoms with van der Waals surface area (Å²) < 4.78 is 31.6. The molecule has 0 aliphatic rings. The average Bonchev–Trinajstić information content (AvgIpc) is 2.84. The Hall–Kier alpha value is -3.07. The van der Waals surface area contributed by atoms with Gasteiger partial charge in [0.15, 0.2) is 0 Å². The summed E-state index contributed by atoms with van der Waals surface area (Å²) >= 11 is 0. The molecule has 0 aliphatic carbocycles. The van der Waals surface area contributed by atoms with E-state index in [2.05, 4.69) is 5.32 Å². The predicted molar refractivity (Wildman–Crippen MR) is 139 cm³/mol. The zero-order valence-electron chi connectivity index (χ0n) is 21.2. The molecule has 2 amide bonds. The predicted octanol–water partition coefficient (Wildman–Crippen LogP) is 3.23.